The zero-order valence-electron chi connectivity index (χ0n) is 14.9. The van der Waals surface area contributed by atoms with Crippen molar-refractivity contribution in [2.24, 2.45) is 0 Å². The van der Waals surface area contributed by atoms with Crippen molar-refractivity contribution in [1.82, 2.24) is 19.9 Å². The molecule has 2 aromatic rings. The highest BCUT2D eigenvalue weighted by molar-refractivity contribution is 7.91. The van der Waals surface area contributed by atoms with E-state index in [0.29, 0.717) is 12.1 Å². The number of aromatic nitrogens is 3. The molecule has 1 aliphatic rings. The van der Waals surface area contributed by atoms with E-state index in [1.54, 1.807) is 18.7 Å². The monoisotopic (exact) mass is 362 g/mol. The van der Waals surface area contributed by atoms with Crippen LogP contribution in [0.15, 0.2) is 18.2 Å². The zero-order chi connectivity index (χ0) is 18.4. The van der Waals surface area contributed by atoms with Crippen LogP contribution < -0.4 is 0 Å². The third-order valence-electron chi connectivity index (χ3n) is 4.91. The van der Waals surface area contributed by atoms with Gasteiger partial charge in [-0.25, -0.2) is 13.1 Å². The molecule has 0 aliphatic carbocycles. The van der Waals surface area contributed by atoms with Crippen LogP contribution in [0.3, 0.4) is 0 Å². The summed E-state index contributed by atoms with van der Waals surface area (Å²) in [5, 5.41) is 8.16. The second kappa shape index (κ2) is 6.25. The summed E-state index contributed by atoms with van der Waals surface area (Å²) in [4.78, 5) is 14.2. The van der Waals surface area contributed by atoms with Crippen LogP contribution in [0.5, 0.6) is 0 Å². The summed E-state index contributed by atoms with van der Waals surface area (Å²) in [7, 11) is -1.42. The lowest BCUT2D eigenvalue weighted by atomic mass is 10.1. The maximum Gasteiger partial charge on any atom is 0.276 e. The summed E-state index contributed by atoms with van der Waals surface area (Å²) in [6.07, 6.45) is 0.467. The molecule has 25 heavy (non-hydrogen) atoms. The minimum Gasteiger partial charge on any atom is -0.336 e. The van der Waals surface area contributed by atoms with Crippen LogP contribution >= 0.6 is 0 Å². The first-order valence-corrected chi connectivity index (χ1v) is 9.99. The number of hydrogen-bond donors (Lipinski definition) is 0. The van der Waals surface area contributed by atoms with E-state index in [4.69, 9.17) is 0 Å². The van der Waals surface area contributed by atoms with Crippen LogP contribution in [-0.4, -0.2) is 58.8 Å². The molecule has 0 spiro atoms. The average molecular weight is 362 g/mol. The van der Waals surface area contributed by atoms with Gasteiger partial charge in [0.05, 0.1) is 22.9 Å². The standard InChI is InChI=1S/C17H22N4O3S/c1-11-5-6-14(9-12(11)2)21-13(3)16(18-19-21)17(22)20(4)15-7-8-25(23,24)10-15/h5-6,9,15H,7-8,10H2,1-4H3/t15-/m1/s1. The molecule has 1 saturated heterocycles. The fourth-order valence-corrected chi connectivity index (χ4v) is 4.82. The van der Waals surface area contributed by atoms with E-state index in [9.17, 15) is 13.2 Å². The SMILES string of the molecule is Cc1ccc(-n2nnc(C(=O)N(C)[C@@H]3CCS(=O)(=O)C3)c2C)cc1C. The third-order valence-corrected chi connectivity index (χ3v) is 6.66. The largest absolute Gasteiger partial charge is 0.336 e. The van der Waals surface area contributed by atoms with Gasteiger partial charge in [0.2, 0.25) is 0 Å². The molecule has 1 aliphatic heterocycles. The van der Waals surface area contributed by atoms with Crippen LogP contribution in [0.4, 0.5) is 0 Å². The Morgan fingerprint density at radius 3 is 2.56 bits per heavy atom. The summed E-state index contributed by atoms with van der Waals surface area (Å²) < 4.78 is 24.9. The number of aryl methyl sites for hydroxylation is 2. The minimum absolute atomic E-state index is 0.0135. The van der Waals surface area contributed by atoms with Gasteiger partial charge in [0.1, 0.15) is 0 Å². The highest BCUT2D eigenvalue weighted by atomic mass is 32.2. The van der Waals surface area contributed by atoms with Gasteiger partial charge in [-0.05, 0) is 50.5 Å². The van der Waals surface area contributed by atoms with Crippen molar-refractivity contribution in [3.05, 3.63) is 40.7 Å². The van der Waals surface area contributed by atoms with Gasteiger partial charge in [0.25, 0.3) is 5.91 Å². The average Bonchev–Trinajstić information content (AvgIpc) is 3.11. The van der Waals surface area contributed by atoms with Crippen LogP contribution in [0.1, 0.15) is 33.7 Å². The Morgan fingerprint density at radius 1 is 1.24 bits per heavy atom. The molecular formula is C17H22N4O3S. The van der Waals surface area contributed by atoms with Gasteiger partial charge in [-0.15, -0.1) is 5.10 Å². The Labute approximate surface area is 147 Å². The lowest BCUT2D eigenvalue weighted by Gasteiger charge is -2.22. The molecule has 1 aromatic heterocycles. The first kappa shape index (κ1) is 17.6. The molecule has 1 fully saturated rings. The van der Waals surface area contributed by atoms with Gasteiger partial charge in [0, 0.05) is 13.1 Å². The normalized spacial score (nSPS) is 19.1. The predicted octanol–water partition coefficient (Wildman–Crippen LogP) is 1.45. The molecule has 7 nitrogen and oxygen atoms in total. The quantitative estimate of drug-likeness (QED) is 0.825. The van der Waals surface area contributed by atoms with E-state index in [-0.39, 0.29) is 29.1 Å². The molecule has 3 rings (SSSR count). The second-order valence-electron chi connectivity index (χ2n) is 6.68. The highest BCUT2D eigenvalue weighted by Crippen LogP contribution is 2.20. The number of nitrogens with zero attached hydrogens (tertiary/aromatic N) is 4. The van der Waals surface area contributed by atoms with Crippen molar-refractivity contribution >= 4 is 15.7 Å². The maximum absolute atomic E-state index is 12.7. The van der Waals surface area contributed by atoms with E-state index in [1.807, 2.05) is 32.0 Å². The van der Waals surface area contributed by atoms with E-state index >= 15 is 0 Å². The van der Waals surface area contributed by atoms with Crippen molar-refractivity contribution < 1.29 is 13.2 Å². The molecule has 1 amide bonds. The molecule has 134 valence electrons. The summed E-state index contributed by atoms with van der Waals surface area (Å²) in [5.74, 6) is -0.155. The smallest absolute Gasteiger partial charge is 0.276 e. The number of rotatable bonds is 3. The summed E-state index contributed by atoms with van der Waals surface area (Å²) in [6, 6.07) is 5.64. The maximum atomic E-state index is 12.7. The number of benzene rings is 1. The molecule has 0 unspecified atom stereocenters. The second-order valence-corrected chi connectivity index (χ2v) is 8.91. The Kier molecular flexibility index (Phi) is 4.40. The first-order chi connectivity index (χ1) is 11.7. The summed E-state index contributed by atoms with van der Waals surface area (Å²) >= 11 is 0. The van der Waals surface area contributed by atoms with E-state index in [1.165, 1.54) is 10.5 Å². The topological polar surface area (TPSA) is 85.2 Å². The van der Waals surface area contributed by atoms with Crippen LogP contribution in [-0.2, 0) is 9.84 Å². The molecule has 0 N–H and O–H groups in total. The fraction of sp³-hybridized carbons (Fsp3) is 0.471. The van der Waals surface area contributed by atoms with Crippen molar-refractivity contribution in [3.8, 4) is 5.69 Å². The molecule has 0 bridgehead atoms. The van der Waals surface area contributed by atoms with Gasteiger partial charge in [0.15, 0.2) is 15.5 Å². The minimum atomic E-state index is -3.05. The third kappa shape index (κ3) is 3.30. The van der Waals surface area contributed by atoms with Gasteiger partial charge in [-0.3, -0.25) is 4.79 Å². The van der Waals surface area contributed by atoms with E-state index in [2.05, 4.69) is 10.3 Å². The fourth-order valence-electron chi connectivity index (χ4n) is 3.04. The Bertz CT molecular complexity index is 933. The van der Waals surface area contributed by atoms with Crippen LogP contribution in [0, 0.1) is 20.8 Å². The van der Waals surface area contributed by atoms with Gasteiger partial charge in [-0.1, -0.05) is 11.3 Å². The van der Waals surface area contributed by atoms with E-state index in [0.717, 1.165) is 11.3 Å². The Morgan fingerprint density at radius 2 is 1.96 bits per heavy atom. The number of hydrogen-bond acceptors (Lipinski definition) is 5. The number of carbonyl (C=O) groups excluding carboxylic acids is 1. The summed E-state index contributed by atoms with van der Waals surface area (Å²) in [6.45, 7) is 5.85. The van der Waals surface area contributed by atoms with Crippen LogP contribution in [0.25, 0.3) is 5.69 Å². The lowest BCUT2D eigenvalue weighted by molar-refractivity contribution is 0.0741. The molecule has 0 radical (unpaired) electrons. The highest BCUT2D eigenvalue weighted by Gasteiger charge is 2.34. The number of sulfone groups is 1. The number of carbonyl (C=O) groups is 1. The van der Waals surface area contributed by atoms with Crippen molar-refractivity contribution in [1.29, 1.82) is 0 Å². The molecular weight excluding hydrogens is 340 g/mol. The van der Waals surface area contributed by atoms with Crippen molar-refractivity contribution in [3.63, 3.8) is 0 Å². The molecule has 0 saturated carbocycles. The number of amides is 1. The lowest BCUT2D eigenvalue weighted by Crippen LogP contribution is -2.38. The molecule has 1 aromatic carbocycles. The van der Waals surface area contributed by atoms with Crippen molar-refractivity contribution in [2.75, 3.05) is 18.6 Å². The Hall–Kier alpha value is -2.22. The van der Waals surface area contributed by atoms with Gasteiger partial charge in [-0.2, -0.15) is 0 Å². The van der Waals surface area contributed by atoms with E-state index < -0.39 is 9.84 Å². The first-order valence-electron chi connectivity index (χ1n) is 8.17. The molecule has 8 heteroatoms. The molecule has 1 atom stereocenters. The van der Waals surface area contributed by atoms with Crippen LogP contribution in [0.2, 0.25) is 0 Å². The van der Waals surface area contributed by atoms with Gasteiger partial charge < -0.3 is 4.90 Å². The Balaban J connectivity index is 1.87. The van der Waals surface area contributed by atoms with Gasteiger partial charge >= 0.3 is 0 Å². The predicted molar refractivity (Wildman–Crippen MR) is 94.7 cm³/mol. The molecule has 2 heterocycles. The summed E-state index contributed by atoms with van der Waals surface area (Å²) in [5.41, 5.74) is 4.05. The zero-order valence-corrected chi connectivity index (χ0v) is 15.7. The van der Waals surface area contributed by atoms with Crippen molar-refractivity contribution in [2.45, 2.75) is 33.2 Å².